The predicted octanol–water partition coefficient (Wildman–Crippen LogP) is 2.90. The molecule has 1 aliphatic heterocycles. The molecule has 1 saturated heterocycles. The first-order chi connectivity index (χ1) is 16.0. The van der Waals surface area contributed by atoms with E-state index in [-0.39, 0.29) is 10.0 Å². The summed E-state index contributed by atoms with van der Waals surface area (Å²) >= 11 is 12.7. The molecule has 1 fully saturated rings. The van der Waals surface area contributed by atoms with Gasteiger partial charge in [0.05, 0.1) is 27.9 Å². The van der Waals surface area contributed by atoms with Crippen molar-refractivity contribution in [1.82, 2.24) is 10.4 Å². The Morgan fingerprint density at radius 1 is 1.06 bits per heavy atom. The number of thioether (sulfide) groups is 1. The largest absolute Gasteiger partial charge is 0.397 e. The minimum Gasteiger partial charge on any atom is -0.397 e. The molecule has 0 amide bonds. The number of hydrazine groups is 1. The van der Waals surface area contributed by atoms with E-state index >= 15 is 0 Å². The topological polar surface area (TPSA) is 111 Å². The van der Waals surface area contributed by atoms with E-state index in [1.165, 1.54) is 12.1 Å². The van der Waals surface area contributed by atoms with Gasteiger partial charge in [0.15, 0.2) is 35.7 Å². The van der Waals surface area contributed by atoms with E-state index in [1.807, 2.05) is 0 Å². The third-order valence-corrected chi connectivity index (χ3v) is 6.43. The van der Waals surface area contributed by atoms with Crippen LogP contribution in [0.15, 0.2) is 29.3 Å². The molecule has 0 aliphatic carbocycles. The van der Waals surface area contributed by atoms with Gasteiger partial charge in [-0.05, 0) is 18.2 Å². The fourth-order valence-electron chi connectivity index (χ4n) is 2.89. The van der Waals surface area contributed by atoms with Gasteiger partial charge in [0.2, 0.25) is 5.82 Å². The monoisotopic (exact) mass is 547 g/mol. The number of nitrogens with zero attached hydrogens (tertiary/aromatic N) is 1. The maximum atomic E-state index is 14.1. The van der Waals surface area contributed by atoms with Crippen LogP contribution in [0.5, 0.6) is 0 Å². The summed E-state index contributed by atoms with van der Waals surface area (Å²) in [6.45, 7) is -0.791. The molecule has 6 N–H and O–H groups in total. The summed E-state index contributed by atoms with van der Waals surface area (Å²) in [5, 5.41) is 31.7. The van der Waals surface area contributed by atoms with Crippen LogP contribution in [0.2, 0.25) is 10.0 Å². The van der Waals surface area contributed by atoms with E-state index in [9.17, 15) is 37.3 Å². The molecule has 2 aromatic carbocycles. The highest BCUT2D eigenvalue weighted by Crippen LogP contribution is 2.34. The average molecular weight is 548 g/mol. The number of rotatable bonds is 5. The van der Waals surface area contributed by atoms with Crippen LogP contribution in [-0.4, -0.2) is 50.9 Å². The van der Waals surface area contributed by atoms with Crippen molar-refractivity contribution in [3.63, 3.8) is 0 Å². The molecule has 4 unspecified atom stereocenters. The summed E-state index contributed by atoms with van der Waals surface area (Å²) in [5.41, 5.74) is 4.27. The lowest BCUT2D eigenvalue weighted by atomic mass is 10.1. The summed E-state index contributed by atoms with van der Waals surface area (Å²) in [6.07, 6.45) is -4.28. The van der Waals surface area contributed by atoms with E-state index in [4.69, 9.17) is 33.7 Å². The zero-order valence-electron chi connectivity index (χ0n) is 16.7. The van der Waals surface area contributed by atoms with Gasteiger partial charge in [0.25, 0.3) is 0 Å². The average Bonchev–Trinajstić information content (AvgIpc) is 2.90. The lowest BCUT2D eigenvalue weighted by Gasteiger charge is -2.29. The van der Waals surface area contributed by atoms with E-state index in [0.717, 1.165) is 11.8 Å². The fourth-order valence-corrected chi connectivity index (χ4v) is 4.24. The standard InChI is InChI=1S/C19H16Cl2F5N3O4S/c20-7-2-1-6(3-8(7)21)34-19-17(31)28-29(18(32)10(5-30)33-19)4-9(27)11-12(22)14(24)16(26)15(25)13(11)23/h1-4,10,17-19,28,30-32H,5,27H2/b9-4-. The maximum Gasteiger partial charge on any atom is 0.200 e. The maximum absolute atomic E-state index is 14.1. The molecule has 0 radical (unpaired) electrons. The molecule has 186 valence electrons. The molecule has 4 atom stereocenters. The van der Waals surface area contributed by atoms with Crippen LogP contribution in [0.3, 0.4) is 0 Å². The summed E-state index contributed by atoms with van der Waals surface area (Å²) in [4.78, 5) is 0.483. The number of hydrogen-bond donors (Lipinski definition) is 5. The fraction of sp³-hybridized carbons (Fsp3) is 0.263. The third kappa shape index (κ3) is 5.36. The van der Waals surface area contributed by atoms with Gasteiger partial charge in [0, 0.05) is 11.1 Å². The lowest BCUT2D eigenvalue weighted by Crippen LogP contribution is -2.50. The van der Waals surface area contributed by atoms with Crippen molar-refractivity contribution >= 4 is 40.7 Å². The molecule has 2 aromatic rings. The van der Waals surface area contributed by atoms with Gasteiger partial charge in [-0.2, -0.15) is 0 Å². The van der Waals surface area contributed by atoms with E-state index in [0.29, 0.717) is 16.1 Å². The molecule has 3 rings (SSSR count). The van der Waals surface area contributed by atoms with Crippen LogP contribution in [0.4, 0.5) is 22.0 Å². The van der Waals surface area contributed by atoms with Crippen LogP contribution in [-0.2, 0) is 4.74 Å². The van der Waals surface area contributed by atoms with Gasteiger partial charge in [0.1, 0.15) is 11.5 Å². The molecule has 7 nitrogen and oxygen atoms in total. The Balaban J connectivity index is 1.93. The Bertz CT molecular complexity index is 1090. The molecule has 1 aliphatic rings. The van der Waals surface area contributed by atoms with Gasteiger partial charge >= 0.3 is 0 Å². The minimum atomic E-state index is -2.37. The molecule has 34 heavy (non-hydrogen) atoms. The van der Waals surface area contributed by atoms with E-state index in [1.54, 1.807) is 6.07 Å². The van der Waals surface area contributed by atoms with Crippen LogP contribution in [0.25, 0.3) is 5.70 Å². The highest BCUT2D eigenvalue weighted by Gasteiger charge is 2.37. The van der Waals surface area contributed by atoms with Crippen LogP contribution in [0, 0.1) is 29.1 Å². The van der Waals surface area contributed by atoms with Crippen molar-refractivity contribution < 1.29 is 42.0 Å². The smallest absolute Gasteiger partial charge is 0.200 e. The molecule has 0 saturated carbocycles. The Morgan fingerprint density at radius 3 is 2.21 bits per heavy atom. The number of nitrogens with two attached hydrogens (primary N) is 1. The van der Waals surface area contributed by atoms with E-state index in [2.05, 4.69) is 5.43 Å². The third-order valence-electron chi connectivity index (χ3n) is 4.57. The number of halogens is 7. The van der Waals surface area contributed by atoms with Crippen molar-refractivity contribution in [2.45, 2.75) is 28.9 Å². The molecule has 15 heteroatoms. The first-order valence-electron chi connectivity index (χ1n) is 9.24. The molecule has 0 spiro atoms. The van der Waals surface area contributed by atoms with Crippen LogP contribution in [0.1, 0.15) is 5.56 Å². The molecule has 0 bridgehead atoms. The summed E-state index contributed by atoms with van der Waals surface area (Å²) in [7, 11) is 0. The zero-order chi connectivity index (χ0) is 25.3. The first kappa shape index (κ1) is 26.8. The number of aliphatic hydroxyl groups is 3. The molecule has 0 aromatic heterocycles. The zero-order valence-corrected chi connectivity index (χ0v) is 19.0. The minimum absolute atomic E-state index is 0.210. The van der Waals surface area contributed by atoms with Crippen molar-refractivity contribution in [2.24, 2.45) is 5.73 Å². The second-order valence-corrected chi connectivity index (χ2v) is 8.83. The Morgan fingerprint density at radius 2 is 1.65 bits per heavy atom. The number of aliphatic hydroxyl groups excluding tert-OH is 3. The van der Waals surface area contributed by atoms with Crippen molar-refractivity contribution in [3.05, 3.63) is 69.1 Å². The van der Waals surface area contributed by atoms with Gasteiger partial charge in [-0.3, -0.25) is 5.01 Å². The number of hydrogen-bond acceptors (Lipinski definition) is 8. The number of benzene rings is 2. The second-order valence-electron chi connectivity index (χ2n) is 6.84. The van der Waals surface area contributed by atoms with Gasteiger partial charge in [-0.25, -0.2) is 27.4 Å². The summed E-state index contributed by atoms with van der Waals surface area (Å²) < 4.78 is 74.1. The van der Waals surface area contributed by atoms with Crippen molar-refractivity contribution in [2.75, 3.05) is 6.61 Å². The second kappa shape index (κ2) is 10.8. The van der Waals surface area contributed by atoms with Gasteiger partial charge < -0.3 is 25.8 Å². The van der Waals surface area contributed by atoms with Crippen molar-refractivity contribution in [1.29, 1.82) is 0 Å². The predicted molar refractivity (Wildman–Crippen MR) is 113 cm³/mol. The number of nitrogens with one attached hydrogen (secondary N) is 1. The molecular weight excluding hydrogens is 532 g/mol. The van der Waals surface area contributed by atoms with Gasteiger partial charge in [-0.15, -0.1) is 0 Å². The normalized spacial score (nSPS) is 23.8. The summed E-state index contributed by atoms with van der Waals surface area (Å²) in [5.74, 6) is -11.2. The summed E-state index contributed by atoms with van der Waals surface area (Å²) in [6, 6.07) is 4.52. The Labute approximate surface area is 203 Å². The SMILES string of the molecule is N/C(=C\N1NC(O)C(Sc2ccc(Cl)c(Cl)c2)OC(CO)C1O)c1c(F)c(F)c(F)c(F)c1F. The first-order valence-corrected chi connectivity index (χ1v) is 10.9. The van der Waals surface area contributed by atoms with Crippen LogP contribution >= 0.6 is 35.0 Å². The number of ether oxygens (including phenoxy) is 1. The van der Waals surface area contributed by atoms with Gasteiger partial charge in [-0.1, -0.05) is 35.0 Å². The highest BCUT2D eigenvalue weighted by atomic mass is 35.5. The Kier molecular flexibility index (Phi) is 8.52. The molecular formula is C19H16Cl2F5N3O4S. The van der Waals surface area contributed by atoms with Crippen LogP contribution < -0.4 is 11.2 Å². The highest BCUT2D eigenvalue weighted by molar-refractivity contribution is 7.99. The lowest BCUT2D eigenvalue weighted by molar-refractivity contribution is -0.107. The van der Waals surface area contributed by atoms with E-state index < -0.39 is 70.9 Å². The van der Waals surface area contributed by atoms with Crippen molar-refractivity contribution in [3.8, 4) is 0 Å². The molecule has 1 heterocycles. The Hall–Kier alpha value is -1.84. The quantitative estimate of drug-likeness (QED) is 0.221.